The van der Waals surface area contributed by atoms with Crippen LogP contribution in [-0.2, 0) is 6.54 Å². The third-order valence-corrected chi connectivity index (χ3v) is 3.58. The predicted octanol–water partition coefficient (Wildman–Crippen LogP) is 1.94. The second-order valence-electron chi connectivity index (χ2n) is 5.10. The number of nitrogens with zero attached hydrogens (tertiary/aromatic N) is 2. The molecule has 1 aliphatic heterocycles. The molecule has 100 valence electrons. The summed E-state index contributed by atoms with van der Waals surface area (Å²) >= 11 is 0. The van der Waals surface area contributed by atoms with Crippen molar-refractivity contribution >= 4 is 5.69 Å². The molecule has 2 N–H and O–H groups in total. The highest BCUT2D eigenvalue weighted by Crippen LogP contribution is 2.17. The normalized spacial score (nSPS) is 16.6. The van der Waals surface area contributed by atoms with E-state index in [0.29, 0.717) is 6.54 Å². The molecule has 1 fully saturated rings. The van der Waals surface area contributed by atoms with Crippen molar-refractivity contribution in [2.24, 2.45) is 0 Å². The van der Waals surface area contributed by atoms with E-state index < -0.39 is 0 Å². The molecule has 0 bridgehead atoms. The van der Waals surface area contributed by atoms with Gasteiger partial charge in [0, 0.05) is 19.6 Å². The van der Waals surface area contributed by atoms with Gasteiger partial charge in [-0.15, -0.1) is 0 Å². The van der Waals surface area contributed by atoms with Crippen molar-refractivity contribution in [3.63, 3.8) is 0 Å². The van der Waals surface area contributed by atoms with Crippen LogP contribution in [0.25, 0.3) is 0 Å². The average molecular weight is 251 g/mol. The van der Waals surface area contributed by atoms with Gasteiger partial charge in [-0.05, 0) is 44.6 Å². The van der Waals surface area contributed by atoms with E-state index in [1.807, 2.05) is 6.07 Å². The number of likely N-dealkylation sites (N-methyl/N-ethyl adjacent to an activating group) is 1. The summed E-state index contributed by atoms with van der Waals surface area (Å²) in [5, 5.41) is 0. The first-order valence-electron chi connectivity index (χ1n) is 6.60. The zero-order valence-corrected chi connectivity index (χ0v) is 11.0. The Hall–Kier alpha value is -1.13. The fourth-order valence-corrected chi connectivity index (χ4v) is 2.41. The molecular formula is C14H22FN3. The quantitative estimate of drug-likeness (QED) is 0.812. The monoisotopic (exact) mass is 251 g/mol. The van der Waals surface area contributed by atoms with Crippen molar-refractivity contribution in [2.75, 3.05) is 39.0 Å². The number of likely N-dealkylation sites (tertiary alicyclic amines) is 1. The van der Waals surface area contributed by atoms with Gasteiger partial charge in [0.1, 0.15) is 5.82 Å². The smallest absolute Gasteiger partial charge is 0.146 e. The van der Waals surface area contributed by atoms with E-state index in [2.05, 4.69) is 16.8 Å². The number of halogens is 1. The fraction of sp³-hybridized carbons (Fsp3) is 0.571. The van der Waals surface area contributed by atoms with Crippen LogP contribution < -0.4 is 5.73 Å². The van der Waals surface area contributed by atoms with Gasteiger partial charge in [0.15, 0.2) is 0 Å². The average Bonchev–Trinajstić information content (AvgIpc) is 2.86. The van der Waals surface area contributed by atoms with E-state index in [1.54, 1.807) is 6.07 Å². The van der Waals surface area contributed by atoms with E-state index in [1.165, 1.54) is 32.0 Å². The molecular weight excluding hydrogens is 229 g/mol. The lowest BCUT2D eigenvalue weighted by atomic mass is 10.1. The van der Waals surface area contributed by atoms with Crippen LogP contribution in [0.2, 0.25) is 0 Å². The summed E-state index contributed by atoms with van der Waals surface area (Å²) in [5.74, 6) is -0.319. The minimum absolute atomic E-state index is 0.283. The van der Waals surface area contributed by atoms with Crippen LogP contribution in [0.5, 0.6) is 0 Å². The molecule has 2 rings (SSSR count). The molecule has 1 saturated heterocycles. The van der Waals surface area contributed by atoms with Gasteiger partial charge in [-0.1, -0.05) is 12.1 Å². The van der Waals surface area contributed by atoms with Gasteiger partial charge in [-0.3, -0.25) is 0 Å². The zero-order chi connectivity index (χ0) is 13.0. The Bertz CT molecular complexity index is 389. The second-order valence-corrected chi connectivity index (χ2v) is 5.10. The number of hydrogen-bond acceptors (Lipinski definition) is 3. The number of anilines is 1. The van der Waals surface area contributed by atoms with E-state index in [0.717, 1.165) is 18.7 Å². The van der Waals surface area contributed by atoms with Crippen LogP contribution in [0, 0.1) is 5.82 Å². The van der Waals surface area contributed by atoms with Crippen LogP contribution in [0.15, 0.2) is 18.2 Å². The summed E-state index contributed by atoms with van der Waals surface area (Å²) in [4.78, 5) is 4.68. The maximum atomic E-state index is 13.3. The minimum Gasteiger partial charge on any atom is -0.396 e. The van der Waals surface area contributed by atoms with Gasteiger partial charge in [0.25, 0.3) is 0 Å². The standard InChI is InChI=1S/C14H22FN3/c1-17(9-10-18-7-2-3-8-18)11-12-5-4-6-13(15)14(12)16/h4-6H,2-3,7-11,16H2,1H3. The lowest BCUT2D eigenvalue weighted by Crippen LogP contribution is -2.31. The molecule has 1 heterocycles. The number of rotatable bonds is 5. The van der Waals surface area contributed by atoms with Gasteiger partial charge in [0.05, 0.1) is 5.69 Å². The first kappa shape index (κ1) is 13.3. The minimum atomic E-state index is -0.319. The van der Waals surface area contributed by atoms with Gasteiger partial charge >= 0.3 is 0 Å². The molecule has 0 radical (unpaired) electrons. The molecule has 3 nitrogen and oxygen atoms in total. The van der Waals surface area contributed by atoms with Crippen LogP contribution in [0.1, 0.15) is 18.4 Å². The van der Waals surface area contributed by atoms with Crippen molar-refractivity contribution in [3.05, 3.63) is 29.6 Å². The van der Waals surface area contributed by atoms with Crippen molar-refractivity contribution in [3.8, 4) is 0 Å². The van der Waals surface area contributed by atoms with E-state index in [9.17, 15) is 4.39 Å². The highest BCUT2D eigenvalue weighted by Gasteiger charge is 2.12. The van der Waals surface area contributed by atoms with Crippen LogP contribution in [0.4, 0.5) is 10.1 Å². The Labute approximate surface area is 108 Å². The molecule has 4 heteroatoms. The van der Waals surface area contributed by atoms with Gasteiger partial charge in [0.2, 0.25) is 0 Å². The number of hydrogen-bond donors (Lipinski definition) is 1. The Kier molecular flexibility index (Phi) is 4.55. The van der Waals surface area contributed by atoms with Crippen LogP contribution >= 0.6 is 0 Å². The summed E-state index contributed by atoms with van der Waals surface area (Å²) in [6.45, 7) is 5.23. The molecule has 18 heavy (non-hydrogen) atoms. The Morgan fingerprint density at radius 2 is 2.06 bits per heavy atom. The summed E-state index contributed by atoms with van der Waals surface area (Å²) in [6.07, 6.45) is 2.64. The molecule has 1 aromatic carbocycles. The Morgan fingerprint density at radius 1 is 1.33 bits per heavy atom. The van der Waals surface area contributed by atoms with Crippen molar-refractivity contribution in [1.29, 1.82) is 0 Å². The van der Waals surface area contributed by atoms with Crippen molar-refractivity contribution in [1.82, 2.24) is 9.80 Å². The Morgan fingerprint density at radius 3 is 2.78 bits per heavy atom. The fourth-order valence-electron chi connectivity index (χ4n) is 2.41. The highest BCUT2D eigenvalue weighted by molar-refractivity contribution is 5.47. The largest absolute Gasteiger partial charge is 0.396 e. The number of nitrogen functional groups attached to an aromatic ring is 1. The topological polar surface area (TPSA) is 32.5 Å². The van der Waals surface area contributed by atoms with Crippen molar-refractivity contribution in [2.45, 2.75) is 19.4 Å². The molecule has 1 aliphatic rings. The number of benzene rings is 1. The summed E-state index contributed by atoms with van der Waals surface area (Å²) < 4.78 is 13.3. The van der Waals surface area contributed by atoms with Gasteiger partial charge in [-0.25, -0.2) is 4.39 Å². The third kappa shape index (κ3) is 3.43. The van der Waals surface area contributed by atoms with Crippen molar-refractivity contribution < 1.29 is 4.39 Å². The van der Waals surface area contributed by atoms with Crippen LogP contribution in [-0.4, -0.2) is 43.0 Å². The molecule has 0 aliphatic carbocycles. The molecule has 0 unspecified atom stereocenters. The Balaban J connectivity index is 1.82. The first-order valence-corrected chi connectivity index (χ1v) is 6.60. The first-order chi connectivity index (χ1) is 8.66. The molecule has 1 aromatic rings. The van der Waals surface area contributed by atoms with Gasteiger partial charge < -0.3 is 15.5 Å². The molecule has 0 aromatic heterocycles. The van der Waals surface area contributed by atoms with E-state index >= 15 is 0 Å². The molecule has 0 amide bonds. The zero-order valence-electron chi connectivity index (χ0n) is 11.0. The predicted molar refractivity (Wildman–Crippen MR) is 72.8 cm³/mol. The SMILES string of the molecule is CN(CCN1CCCC1)Cc1cccc(F)c1N. The third-order valence-electron chi connectivity index (χ3n) is 3.58. The number of nitrogens with two attached hydrogens (primary N) is 1. The summed E-state index contributed by atoms with van der Waals surface area (Å²) in [5.41, 5.74) is 6.89. The van der Waals surface area contributed by atoms with E-state index in [4.69, 9.17) is 5.73 Å². The second kappa shape index (κ2) is 6.16. The summed E-state index contributed by atoms with van der Waals surface area (Å²) in [7, 11) is 2.06. The maximum absolute atomic E-state index is 13.3. The van der Waals surface area contributed by atoms with E-state index in [-0.39, 0.29) is 11.5 Å². The maximum Gasteiger partial charge on any atom is 0.146 e. The highest BCUT2D eigenvalue weighted by atomic mass is 19.1. The number of para-hydroxylation sites is 1. The molecule has 0 atom stereocenters. The van der Waals surface area contributed by atoms with Gasteiger partial charge in [-0.2, -0.15) is 0 Å². The lowest BCUT2D eigenvalue weighted by molar-refractivity contribution is 0.252. The lowest BCUT2D eigenvalue weighted by Gasteiger charge is -2.21. The van der Waals surface area contributed by atoms with Crippen LogP contribution in [0.3, 0.4) is 0 Å². The molecule has 0 saturated carbocycles. The summed E-state index contributed by atoms with van der Waals surface area (Å²) in [6, 6.07) is 5.02. The molecule has 0 spiro atoms.